The molecule has 3 nitrogen and oxygen atoms in total. The molecular weight excluding hydrogens is 230 g/mol. The zero-order chi connectivity index (χ0) is 13.1. The van der Waals surface area contributed by atoms with Crippen LogP contribution in [0.4, 0.5) is 0 Å². The summed E-state index contributed by atoms with van der Waals surface area (Å²) in [5.74, 6) is 0. The fourth-order valence-electron chi connectivity index (χ4n) is 1.60. The topological polar surface area (TPSA) is 36.2 Å². The highest BCUT2D eigenvalue weighted by molar-refractivity contribution is 6.48. The normalized spacial score (nSPS) is 14.0. The molecule has 95 valence electrons. The van der Waals surface area contributed by atoms with E-state index in [1.807, 2.05) is 12.1 Å². The van der Waals surface area contributed by atoms with Crippen LogP contribution in [0.1, 0.15) is 26.3 Å². The van der Waals surface area contributed by atoms with E-state index in [0.29, 0.717) is 0 Å². The van der Waals surface area contributed by atoms with Gasteiger partial charge < -0.3 is 9.63 Å². The number of hydrogen-bond acceptors (Lipinski definition) is 2. The zero-order valence-corrected chi connectivity index (χ0v) is 12.4. The fraction of sp³-hybridized carbons (Fsp3) is 0.615. The molecular formula is C13H22NO2Si. The number of hydrogen-bond donors (Lipinski definition) is 0. The molecule has 0 aliphatic rings. The molecule has 0 spiro atoms. The minimum Gasteiger partial charge on any atom is -0.619 e. The molecule has 17 heavy (non-hydrogen) atoms. The van der Waals surface area contributed by atoms with Crippen molar-refractivity contribution in [3.63, 3.8) is 0 Å². The van der Waals surface area contributed by atoms with Gasteiger partial charge in [0.05, 0.1) is 6.10 Å². The molecule has 0 amide bonds. The summed E-state index contributed by atoms with van der Waals surface area (Å²) < 4.78 is 6.88. The molecule has 0 fully saturated rings. The van der Waals surface area contributed by atoms with Crippen LogP contribution >= 0.6 is 0 Å². The van der Waals surface area contributed by atoms with Gasteiger partial charge in [-0.25, -0.2) is 0 Å². The van der Waals surface area contributed by atoms with Crippen LogP contribution in [0.5, 0.6) is 0 Å². The largest absolute Gasteiger partial charge is 0.619 e. The summed E-state index contributed by atoms with van der Waals surface area (Å²) in [6.07, 6.45) is 4.14. The number of pyridine rings is 1. The second-order valence-electron chi connectivity index (χ2n) is 5.65. The van der Waals surface area contributed by atoms with Gasteiger partial charge >= 0.3 is 0 Å². The summed E-state index contributed by atoms with van der Waals surface area (Å²) in [6, 6.07) is 3.74. The van der Waals surface area contributed by atoms with Crippen LogP contribution < -0.4 is 4.73 Å². The lowest BCUT2D eigenvalue weighted by molar-refractivity contribution is -0.605. The Hall–Kier alpha value is -0.873. The predicted octanol–water partition coefficient (Wildman–Crippen LogP) is 2.54. The van der Waals surface area contributed by atoms with Crippen molar-refractivity contribution in [1.82, 2.24) is 0 Å². The lowest BCUT2D eigenvalue weighted by Gasteiger charge is -2.32. The van der Waals surface area contributed by atoms with E-state index < -0.39 is 9.04 Å². The Labute approximate surface area is 106 Å². The van der Waals surface area contributed by atoms with Crippen molar-refractivity contribution in [2.45, 2.75) is 46.4 Å². The maximum Gasteiger partial charge on any atom is 0.205 e. The summed E-state index contributed by atoms with van der Waals surface area (Å²) in [6.45, 7) is 10.9. The lowest BCUT2D eigenvalue weighted by Crippen LogP contribution is -2.35. The van der Waals surface area contributed by atoms with Gasteiger partial charge in [0, 0.05) is 12.1 Å². The average molecular weight is 252 g/mol. The summed E-state index contributed by atoms with van der Waals surface area (Å²) >= 11 is 0. The third-order valence-electron chi connectivity index (χ3n) is 2.64. The van der Waals surface area contributed by atoms with E-state index in [4.69, 9.17) is 4.43 Å². The Morgan fingerprint density at radius 1 is 1.29 bits per heavy atom. The van der Waals surface area contributed by atoms with Gasteiger partial charge in [-0.15, -0.1) is 0 Å². The summed E-state index contributed by atoms with van der Waals surface area (Å²) in [5, 5.41) is 11.0. The fourth-order valence-corrected chi connectivity index (χ4v) is 2.61. The van der Waals surface area contributed by atoms with Crippen molar-refractivity contribution >= 4 is 9.04 Å². The molecule has 4 heteroatoms. The first-order chi connectivity index (χ1) is 7.79. The third-order valence-corrected chi connectivity index (χ3v) is 3.39. The van der Waals surface area contributed by atoms with Crippen molar-refractivity contribution < 1.29 is 9.16 Å². The average Bonchev–Trinajstić information content (AvgIpc) is 2.18. The van der Waals surface area contributed by atoms with Crippen LogP contribution in [-0.4, -0.2) is 15.1 Å². The SMILES string of the molecule is C[Si](C)OC(Cc1cc[n+]([O-])cc1)C(C)(C)C. The van der Waals surface area contributed by atoms with Crippen molar-refractivity contribution in [3.8, 4) is 0 Å². The molecule has 1 rings (SSSR count). The van der Waals surface area contributed by atoms with Gasteiger partial charge in [-0.2, -0.15) is 4.73 Å². The quantitative estimate of drug-likeness (QED) is 0.469. The van der Waals surface area contributed by atoms with E-state index in [2.05, 4.69) is 33.9 Å². The summed E-state index contributed by atoms with van der Waals surface area (Å²) in [5.41, 5.74) is 1.27. The van der Waals surface area contributed by atoms with Gasteiger partial charge in [0.1, 0.15) is 0 Å². The maximum absolute atomic E-state index is 11.0. The molecule has 0 saturated heterocycles. The molecule has 1 aromatic rings. The van der Waals surface area contributed by atoms with E-state index in [1.165, 1.54) is 0 Å². The number of nitrogens with zero attached hydrogens (tertiary/aromatic N) is 1. The first-order valence-corrected chi connectivity index (χ1v) is 8.34. The van der Waals surface area contributed by atoms with Crippen molar-refractivity contribution in [3.05, 3.63) is 35.3 Å². The molecule has 0 N–H and O–H groups in total. The van der Waals surface area contributed by atoms with Crippen LogP contribution in [0.3, 0.4) is 0 Å². The van der Waals surface area contributed by atoms with Gasteiger partial charge in [-0.05, 0) is 30.5 Å². The van der Waals surface area contributed by atoms with E-state index in [1.54, 1.807) is 12.4 Å². The molecule has 0 aliphatic heterocycles. The van der Waals surface area contributed by atoms with E-state index in [0.717, 1.165) is 16.7 Å². The van der Waals surface area contributed by atoms with E-state index >= 15 is 0 Å². The van der Waals surface area contributed by atoms with Crippen LogP contribution in [0.25, 0.3) is 0 Å². The molecule has 1 radical (unpaired) electrons. The maximum atomic E-state index is 11.0. The molecule has 1 aromatic heterocycles. The lowest BCUT2D eigenvalue weighted by atomic mass is 9.85. The van der Waals surface area contributed by atoms with Crippen LogP contribution in [0, 0.1) is 10.6 Å². The Morgan fingerprint density at radius 3 is 2.24 bits per heavy atom. The predicted molar refractivity (Wildman–Crippen MR) is 70.9 cm³/mol. The van der Waals surface area contributed by atoms with E-state index in [9.17, 15) is 5.21 Å². The van der Waals surface area contributed by atoms with Gasteiger partial charge in [-0.1, -0.05) is 20.8 Å². The van der Waals surface area contributed by atoms with Crippen molar-refractivity contribution in [1.29, 1.82) is 0 Å². The second kappa shape index (κ2) is 5.64. The highest BCUT2D eigenvalue weighted by Crippen LogP contribution is 2.25. The molecule has 0 aromatic carbocycles. The molecule has 0 aliphatic carbocycles. The highest BCUT2D eigenvalue weighted by atomic mass is 28.3. The third kappa shape index (κ3) is 4.87. The van der Waals surface area contributed by atoms with Crippen LogP contribution in [-0.2, 0) is 10.8 Å². The van der Waals surface area contributed by atoms with Gasteiger partial charge in [0.2, 0.25) is 9.04 Å². The van der Waals surface area contributed by atoms with Gasteiger partial charge in [0.25, 0.3) is 0 Å². The Bertz CT molecular complexity index is 343. The summed E-state index contributed by atoms with van der Waals surface area (Å²) in [4.78, 5) is 0. The first kappa shape index (κ1) is 14.2. The smallest absolute Gasteiger partial charge is 0.205 e. The molecule has 1 unspecified atom stereocenters. The Kier molecular flexibility index (Phi) is 4.71. The van der Waals surface area contributed by atoms with Gasteiger partial charge in [0.15, 0.2) is 12.4 Å². The molecule has 1 heterocycles. The van der Waals surface area contributed by atoms with E-state index in [-0.39, 0.29) is 11.5 Å². The molecule has 0 saturated carbocycles. The molecule has 1 atom stereocenters. The number of rotatable bonds is 4. The highest BCUT2D eigenvalue weighted by Gasteiger charge is 2.26. The molecule has 0 bridgehead atoms. The zero-order valence-electron chi connectivity index (χ0n) is 11.4. The summed E-state index contributed by atoms with van der Waals surface area (Å²) in [7, 11) is -0.710. The van der Waals surface area contributed by atoms with Crippen molar-refractivity contribution in [2.24, 2.45) is 5.41 Å². The number of aromatic nitrogens is 1. The Morgan fingerprint density at radius 2 is 1.82 bits per heavy atom. The Balaban J connectivity index is 2.75. The monoisotopic (exact) mass is 252 g/mol. The minimum atomic E-state index is -0.710. The van der Waals surface area contributed by atoms with Crippen LogP contribution in [0.15, 0.2) is 24.5 Å². The van der Waals surface area contributed by atoms with Crippen LogP contribution in [0.2, 0.25) is 13.1 Å². The second-order valence-corrected chi connectivity index (χ2v) is 7.70. The van der Waals surface area contributed by atoms with Crippen molar-refractivity contribution in [2.75, 3.05) is 0 Å². The first-order valence-electron chi connectivity index (χ1n) is 5.93. The minimum absolute atomic E-state index is 0.116. The van der Waals surface area contributed by atoms with Gasteiger partial charge in [-0.3, -0.25) is 0 Å². The standard InChI is InChI=1S/C13H22NO2Si/c1-13(2,3)12(16-17(4)5)10-11-6-8-14(15)9-7-11/h6-9,12H,10H2,1-5H3.